The molecule has 1 aromatic carbocycles. The summed E-state index contributed by atoms with van der Waals surface area (Å²) in [7, 11) is 1.99. The van der Waals surface area contributed by atoms with Crippen LogP contribution in [0.1, 0.15) is 36.4 Å². The van der Waals surface area contributed by atoms with Gasteiger partial charge < -0.3 is 15.2 Å². The molecule has 0 radical (unpaired) electrons. The smallest absolute Gasteiger partial charge is 0.161 e. The number of aromatic hydroxyl groups is 1. The van der Waals surface area contributed by atoms with Crippen LogP contribution in [0, 0.1) is 0 Å². The average Bonchev–Trinajstić information content (AvgIpc) is 2.93. The van der Waals surface area contributed by atoms with Crippen molar-refractivity contribution in [2.24, 2.45) is 0 Å². The van der Waals surface area contributed by atoms with Crippen LogP contribution in [-0.2, 0) is 6.42 Å². The SMILES string of the molecule is CCOc1cc(-c2nc3c(s2)CCCC3NC)ccc1O. The van der Waals surface area contributed by atoms with Gasteiger partial charge in [-0.15, -0.1) is 11.3 Å². The van der Waals surface area contributed by atoms with Crippen molar-refractivity contribution in [1.82, 2.24) is 10.3 Å². The number of benzene rings is 1. The number of rotatable bonds is 4. The minimum absolute atomic E-state index is 0.176. The Bertz CT molecular complexity index is 639. The van der Waals surface area contributed by atoms with E-state index in [-0.39, 0.29) is 5.75 Å². The van der Waals surface area contributed by atoms with Gasteiger partial charge in [-0.05, 0) is 51.4 Å². The number of aromatic nitrogens is 1. The Balaban J connectivity index is 1.98. The summed E-state index contributed by atoms with van der Waals surface area (Å²) in [6, 6.07) is 5.81. The minimum atomic E-state index is 0.176. The molecule has 1 aliphatic rings. The first-order valence-corrected chi connectivity index (χ1v) is 8.17. The van der Waals surface area contributed by atoms with Gasteiger partial charge in [0.25, 0.3) is 0 Å². The second kappa shape index (κ2) is 6.03. The molecule has 0 spiro atoms. The van der Waals surface area contributed by atoms with Crippen molar-refractivity contribution in [3.63, 3.8) is 0 Å². The summed E-state index contributed by atoms with van der Waals surface area (Å²) >= 11 is 1.75. The normalized spacial score (nSPS) is 17.5. The molecule has 2 aromatic rings. The number of phenolic OH excluding ortho intramolecular Hbond substituents is 1. The highest BCUT2D eigenvalue weighted by Crippen LogP contribution is 2.39. The summed E-state index contributed by atoms with van der Waals surface area (Å²) in [5.41, 5.74) is 2.19. The lowest BCUT2D eigenvalue weighted by atomic mass is 9.98. The first kappa shape index (κ1) is 14.4. The average molecular weight is 304 g/mol. The third kappa shape index (κ3) is 2.76. The summed E-state index contributed by atoms with van der Waals surface area (Å²) in [5, 5.41) is 14.2. The Labute approximate surface area is 128 Å². The highest BCUT2D eigenvalue weighted by atomic mass is 32.1. The molecule has 1 heterocycles. The van der Waals surface area contributed by atoms with Crippen molar-refractivity contribution in [2.75, 3.05) is 13.7 Å². The van der Waals surface area contributed by atoms with Gasteiger partial charge in [-0.2, -0.15) is 0 Å². The Morgan fingerprint density at radius 3 is 3.10 bits per heavy atom. The molecule has 21 heavy (non-hydrogen) atoms. The summed E-state index contributed by atoms with van der Waals surface area (Å²) < 4.78 is 5.46. The van der Waals surface area contributed by atoms with E-state index in [1.165, 1.54) is 17.0 Å². The van der Waals surface area contributed by atoms with Crippen molar-refractivity contribution in [3.05, 3.63) is 28.8 Å². The quantitative estimate of drug-likeness (QED) is 0.907. The van der Waals surface area contributed by atoms with Crippen molar-refractivity contribution in [2.45, 2.75) is 32.2 Å². The van der Waals surface area contributed by atoms with Crippen molar-refractivity contribution in [1.29, 1.82) is 0 Å². The third-order valence-electron chi connectivity index (χ3n) is 3.81. The molecule has 0 fully saturated rings. The van der Waals surface area contributed by atoms with Gasteiger partial charge in [0.1, 0.15) is 5.01 Å². The number of hydrogen-bond acceptors (Lipinski definition) is 5. The van der Waals surface area contributed by atoms with Crippen LogP contribution in [0.3, 0.4) is 0 Å². The number of aryl methyl sites for hydroxylation is 1. The molecule has 0 saturated heterocycles. The molecule has 2 N–H and O–H groups in total. The van der Waals surface area contributed by atoms with E-state index in [0.29, 0.717) is 18.4 Å². The van der Waals surface area contributed by atoms with Crippen molar-refractivity contribution in [3.8, 4) is 22.1 Å². The van der Waals surface area contributed by atoms with Gasteiger partial charge >= 0.3 is 0 Å². The number of thiazole rings is 1. The monoisotopic (exact) mass is 304 g/mol. The molecule has 0 amide bonds. The van der Waals surface area contributed by atoms with E-state index in [9.17, 15) is 5.11 Å². The van der Waals surface area contributed by atoms with Gasteiger partial charge in [0.2, 0.25) is 0 Å². The fourth-order valence-electron chi connectivity index (χ4n) is 2.74. The molecular formula is C16H20N2O2S. The largest absolute Gasteiger partial charge is 0.504 e. The van der Waals surface area contributed by atoms with Gasteiger partial charge in [0.15, 0.2) is 11.5 Å². The number of fused-ring (bicyclic) bond motifs is 1. The zero-order valence-electron chi connectivity index (χ0n) is 12.3. The minimum Gasteiger partial charge on any atom is -0.504 e. The molecule has 4 nitrogen and oxygen atoms in total. The van der Waals surface area contributed by atoms with Crippen LogP contribution in [-0.4, -0.2) is 23.7 Å². The van der Waals surface area contributed by atoms with Gasteiger partial charge in [-0.3, -0.25) is 0 Å². The van der Waals surface area contributed by atoms with Gasteiger partial charge in [0, 0.05) is 10.4 Å². The molecule has 1 aliphatic carbocycles. The lowest BCUT2D eigenvalue weighted by Crippen LogP contribution is -2.21. The van der Waals surface area contributed by atoms with Crippen LogP contribution in [0.4, 0.5) is 0 Å². The number of nitrogens with zero attached hydrogens (tertiary/aromatic N) is 1. The van der Waals surface area contributed by atoms with Crippen LogP contribution >= 0.6 is 11.3 Å². The topological polar surface area (TPSA) is 54.4 Å². The number of phenols is 1. The predicted octanol–water partition coefficient (Wildman–Crippen LogP) is 3.51. The zero-order chi connectivity index (χ0) is 14.8. The van der Waals surface area contributed by atoms with Crippen LogP contribution in [0.25, 0.3) is 10.6 Å². The van der Waals surface area contributed by atoms with Gasteiger partial charge in [-0.25, -0.2) is 4.98 Å². The highest BCUT2D eigenvalue weighted by Gasteiger charge is 2.24. The molecule has 112 valence electrons. The maximum absolute atomic E-state index is 9.80. The Hall–Kier alpha value is -1.59. The van der Waals surface area contributed by atoms with E-state index in [1.807, 2.05) is 26.1 Å². The van der Waals surface area contributed by atoms with Crippen LogP contribution in [0.5, 0.6) is 11.5 Å². The Morgan fingerprint density at radius 2 is 2.33 bits per heavy atom. The van der Waals surface area contributed by atoms with Crippen LogP contribution in [0.2, 0.25) is 0 Å². The van der Waals surface area contributed by atoms with E-state index >= 15 is 0 Å². The summed E-state index contributed by atoms with van der Waals surface area (Å²) in [4.78, 5) is 6.20. The molecule has 1 atom stereocenters. The first-order valence-electron chi connectivity index (χ1n) is 7.36. The first-order chi connectivity index (χ1) is 10.2. The molecule has 0 saturated carbocycles. The Kier molecular flexibility index (Phi) is 4.12. The maximum Gasteiger partial charge on any atom is 0.161 e. The fraction of sp³-hybridized carbons (Fsp3) is 0.438. The molecule has 1 aromatic heterocycles. The maximum atomic E-state index is 9.80. The second-order valence-electron chi connectivity index (χ2n) is 5.18. The highest BCUT2D eigenvalue weighted by molar-refractivity contribution is 7.15. The van der Waals surface area contributed by atoms with Crippen LogP contribution < -0.4 is 10.1 Å². The summed E-state index contributed by atoms with van der Waals surface area (Å²) in [5.74, 6) is 0.698. The van der Waals surface area contributed by atoms with E-state index in [0.717, 1.165) is 23.4 Å². The van der Waals surface area contributed by atoms with Crippen LogP contribution in [0.15, 0.2) is 18.2 Å². The second-order valence-corrected chi connectivity index (χ2v) is 6.26. The molecule has 1 unspecified atom stereocenters. The molecule has 0 bridgehead atoms. The lowest BCUT2D eigenvalue weighted by Gasteiger charge is -2.19. The molecule has 3 rings (SSSR count). The lowest BCUT2D eigenvalue weighted by molar-refractivity contribution is 0.318. The van der Waals surface area contributed by atoms with E-state index in [1.54, 1.807) is 17.4 Å². The fourth-order valence-corrected chi connectivity index (χ4v) is 3.90. The molecule has 0 aliphatic heterocycles. The predicted molar refractivity (Wildman–Crippen MR) is 85.1 cm³/mol. The van der Waals surface area contributed by atoms with Crippen molar-refractivity contribution < 1.29 is 9.84 Å². The summed E-state index contributed by atoms with van der Waals surface area (Å²) in [6.45, 7) is 2.44. The number of nitrogens with one attached hydrogen (secondary N) is 1. The number of hydrogen-bond donors (Lipinski definition) is 2. The van der Waals surface area contributed by atoms with E-state index in [2.05, 4.69) is 5.32 Å². The van der Waals surface area contributed by atoms with Gasteiger partial charge in [0.05, 0.1) is 18.3 Å². The molecular weight excluding hydrogens is 284 g/mol. The van der Waals surface area contributed by atoms with E-state index in [4.69, 9.17) is 9.72 Å². The standard InChI is InChI=1S/C16H20N2O2S/c1-3-20-13-9-10(7-8-12(13)19)16-18-15-11(17-2)5-4-6-14(15)21-16/h7-9,11,17,19H,3-6H2,1-2H3. The molecule has 5 heteroatoms. The Morgan fingerprint density at radius 1 is 1.48 bits per heavy atom. The van der Waals surface area contributed by atoms with Gasteiger partial charge in [-0.1, -0.05) is 0 Å². The number of ether oxygens (including phenoxy) is 1. The van der Waals surface area contributed by atoms with E-state index < -0.39 is 0 Å². The summed E-state index contributed by atoms with van der Waals surface area (Å²) in [6.07, 6.45) is 3.47. The third-order valence-corrected chi connectivity index (χ3v) is 4.99. The van der Waals surface area contributed by atoms with Crippen molar-refractivity contribution >= 4 is 11.3 Å². The zero-order valence-corrected chi connectivity index (χ0v) is 13.2.